The molecule has 1 nitrogen and oxygen atoms in total. The van der Waals surface area contributed by atoms with Gasteiger partial charge in [-0.3, -0.25) is 0 Å². The Labute approximate surface area is 91.2 Å². The molecule has 0 rings (SSSR count). The third-order valence-corrected chi connectivity index (χ3v) is 8.45. The zero-order valence-corrected chi connectivity index (χ0v) is 11.6. The van der Waals surface area contributed by atoms with E-state index in [4.69, 9.17) is 4.74 Å². The van der Waals surface area contributed by atoms with Crippen molar-refractivity contribution in [2.45, 2.75) is 65.1 Å². The quantitative estimate of drug-likeness (QED) is 0.524. The van der Waals surface area contributed by atoms with Crippen molar-refractivity contribution in [3.8, 4) is 0 Å². The molecule has 2 heteroatoms. The molecule has 0 amide bonds. The van der Waals surface area contributed by atoms with Gasteiger partial charge in [0, 0.05) is 12.8 Å². The van der Waals surface area contributed by atoms with Crippen molar-refractivity contribution in [3.05, 3.63) is 0 Å². The smallest absolute Gasteiger partial charge is 0.0837 e. The first-order valence-corrected chi connectivity index (χ1v) is 9.15. The fourth-order valence-corrected chi connectivity index (χ4v) is 7.50. The molecule has 0 aliphatic carbocycles. The van der Waals surface area contributed by atoms with Crippen LogP contribution in [-0.2, 0) is 4.74 Å². The summed E-state index contributed by atoms with van der Waals surface area (Å²) < 4.78 is 5.72. The molecule has 0 saturated heterocycles. The minimum absolute atomic E-state index is 0.895. The molecule has 0 saturated carbocycles. The molecule has 0 N–H and O–H groups in total. The lowest BCUT2D eigenvalue weighted by Gasteiger charge is -2.30. The van der Waals surface area contributed by atoms with E-state index in [1.54, 1.807) is 0 Å². The summed E-state index contributed by atoms with van der Waals surface area (Å²) in [7, 11) is -1.04. The van der Waals surface area contributed by atoms with E-state index < -0.39 is 8.07 Å². The Morgan fingerprint density at radius 1 is 0.786 bits per heavy atom. The van der Waals surface area contributed by atoms with E-state index in [2.05, 4.69) is 27.7 Å². The van der Waals surface area contributed by atoms with Crippen LogP contribution >= 0.6 is 0 Å². The van der Waals surface area contributed by atoms with Gasteiger partial charge >= 0.3 is 0 Å². The first-order valence-electron chi connectivity index (χ1n) is 6.32. The summed E-state index contributed by atoms with van der Waals surface area (Å²) in [5.41, 5.74) is 0. The molecule has 0 unspecified atom stereocenters. The Kier molecular flexibility index (Phi) is 8.59. The van der Waals surface area contributed by atoms with Gasteiger partial charge in [0.05, 0.1) is 8.07 Å². The lowest BCUT2D eigenvalue weighted by molar-refractivity contribution is 0.186. The molecule has 14 heavy (non-hydrogen) atoms. The Hall–Kier alpha value is 0.177. The van der Waals surface area contributed by atoms with Crippen molar-refractivity contribution in [1.29, 1.82) is 0 Å². The van der Waals surface area contributed by atoms with Crippen LogP contribution in [0, 0.1) is 0 Å². The van der Waals surface area contributed by atoms with Crippen LogP contribution in [0.3, 0.4) is 0 Å². The largest absolute Gasteiger partial charge is 0.385 e. The lowest BCUT2D eigenvalue weighted by Crippen LogP contribution is -2.39. The molecule has 0 heterocycles. The third-order valence-electron chi connectivity index (χ3n) is 2.95. The van der Waals surface area contributed by atoms with Gasteiger partial charge in [0.1, 0.15) is 0 Å². The zero-order valence-electron chi connectivity index (χ0n) is 10.6. The van der Waals surface area contributed by atoms with Gasteiger partial charge in [-0.05, 0) is 6.92 Å². The molecule has 0 aromatic rings. The van der Waals surface area contributed by atoms with Crippen molar-refractivity contribution in [3.63, 3.8) is 0 Å². The topological polar surface area (TPSA) is 9.23 Å². The highest BCUT2D eigenvalue weighted by atomic mass is 28.3. The van der Waals surface area contributed by atoms with Gasteiger partial charge in [0.15, 0.2) is 0 Å². The molecule has 0 spiro atoms. The summed E-state index contributed by atoms with van der Waals surface area (Å²) >= 11 is 0. The molecule has 0 radical (unpaired) electrons. The van der Waals surface area contributed by atoms with Gasteiger partial charge in [-0.2, -0.15) is 0 Å². The minimum atomic E-state index is -1.04. The van der Waals surface area contributed by atoms with E-state index in [1.807, 2.05) is 0 Å². The summed E-state index contributed by atoms with van der Waals surface area (Å²) in [6.07, 6.45) is 5.15. The van der Waals surface area contributed by atoms with E-state index in [9.17, 15) is 0 Å². The maximum Gasteiger partial charge on any atom is 0.0837 e. The van der Waals surface area contributed by atoms with Crippen LogP contribution in [0.4, 0.5) is 0 Å². The van der Waals surface area contributed by atoms with Crippen molar-refractivity contribution in [2.75, 3.05) is 12.8 Å². The average Bonchev–Trinajstić information content (AvgIpc) is 2.16. The first kappa shape index (κ1) is 14.2. The summed E-state index contributed by atoms with van der Waals surface area (Å²) in [4.78, 5) is 0. The van der Waals surface area contributed by atoms with Gasteiger partial charge in [-0.1, -0.05) is 58.2 Å². The third kappa shape index (κ3) is 5.16. The van der Waals surface area contributed by atoms with Crippen molar-refractivity contribution >= 4 is 8.07 Å². The zero-order chi connectivity index (χ0) is 10.9. The van der Waals surface area contributed by atoms with Gasteiger partial charge in [0.25, 0.3) is 0 Å². The lowest BCUT2D eigenvalue weighted by atomic mass is 10.5. The van der Waals surface area contributed by atoms with Crippen molar-refractivity contribution in [1.82, 2.24) is 0 Å². The maximum atomic E-state index is 5.72. The number of hydrogen-bond donors (Lipinski definition) is 0. The molecule has 0 fully saturated rings. The SMILES string of the molecule is CCC[Si](CCC)(CCC)COCC. The Morgan fingerprint density at radius 2 is 1.21 bits per heavy atom. The van der Waals surface area contributed by atoms with E-state index in [1.165, 1.54) is 37.4 Å². The molecule has 0 aliphatic rings. The predicted octanol–water partition coefficient (Wildman–Crippen LogP) is 4.24. The highest BCUT2D eigenvalue weighted by Crippen LogP contribution is 2.26. The van der Waals surface area contributed by atoms with Gasteiger partial charge < -0.3 is 4.74 Å². The van der Waals surface area contributed by atoms with E-state index >= 15 is 0 Å². The van der Waals surface area contributed by atoms with E-state index in [0.717, 1.165) is 12.8 Å². The van der Waals surface area contributed by atoms with Crippen molar-refractivity contribution < 1.29 is 4.74 Å². The second kappa shape index (κ2) is 8.48. The number of ether oxygens (including phenoxy) is 1. The summed E-state index contributed by atoms with van der Waals surface area (Å²) in [5, 5.41) is 0. The average molecular weight is 216 g/mol. The molecular weight excluding hydrogens is 188 g/mol. The number of rotatable bonds is 9. The molecule has 0 aromatic heterocycles. The second-order valence-corrected chi connectivity index (χ2v) is 9.18. The Bertz CT molecular complexity index is 108. The van der Waals surface area contributed by atoms with Gasteiger partial charge in [-0.25, -0.2) is 0 Å². The van der Waals surface area contributed by atoms with Crippen molar-refractivity contribution in [2.24, 2.45) is 0 Å². The molecule has 0 aromatic carbocycles. The maximum absolute atomic E-state index is 5.72. The van der Waals surface area contributed by atoms with Crippen LogP contribution in [0.2, 0.25) is 18.1 Å². The molecule has 0 aliphatic heterocycles. The van der Waals surface area contributed by atoms with Gasteiger partial charge in [0.2, 0.25) is 0 Å². The van der Waals surface area contributed by atoms with E-state index in [-0.39, 0.29) is 0 Å². The van der Waals surface area contributed by atoms with Crippen LogP contribution in [0.1, 0.15) is 47.0 Å². The molecule has 86 valence electrons. The van der Waals surface area contributed by atoms with Crippen LogP contribution in [0.25, 0.3) is 0 Å². The number of hydrogen-bond acceptors (Lipinski definition) is 1. The first-order chi connectivity index (χ1) is 6.74. The summed E-state index contributed by atoms with van der Waals surface area (Å²) in [6.45, 7) is 9.96. The van der Waals surface area contributed by atoms with Crippen LogP contribution in [0.15, 0.2) is 0 Å². The fraction of sp³-hybridized carbons (Fsp3) is 1.00. The summed E-state index contributed by atoms with van der Waals surface area (Å²) in [6, 6.07) is 4.40. The highest BCUT2D eigenvalue weighted by Gasteiger charge is 2.30. The van der Waals surface area contributed by atoms with Gasteiger partial charge in [-0.15, -0.1) is 0 Å². The van der Waals surface area contributed by atoms with Crippen LogP contribution in [0.5, 0.6) is 0 Å². The standard InChI is InChI=1S/C12H28OSi/c1-5-9-14(10-6-2,11-7-3)12-13-8-4/h5-12H2,1-4H3. The molecule has 0 atom stereocenters. The second-order valence-electron chi connectivity index (χ2n) is 4.39. The monoisotopic (exact) mass is 216 g/mol. The Morgan fingerprint density at radius 3 is 1.50 bits per heavy atom. The summed E-state index contributed by atoms with van der Waals surface area (Å²) in [5.74, 6) is 0. The molecule has 0 bridgehead atoms. The Balaban J connectivity index is 4.21. The van der Waals surface area contributed by atoms with Crippen LogP contribution in [-0.4, -0.2) is 20.9 Å². The highest BCUT2D eigenvalue weighted by molar-refractivity contribution is 6.79. The predicted molar refractivity (Wildman–Crippen MR) is 67.5 cm³/mol. The normalized spacial score (nSPS) is 12.0. The van der Waals surface area contributed by atoms with E-state index in [0.29, 0.717) is 0 Å². The molecular formula is C12H28OSi. The van der Waals surface area contributed by atoms with Crippen LogP contribution < -0.4 is 0 Å². The minimum Gasteiger partial charge on any atom is -0.385 e. The fourth-order valence-electron chi connectivity index (χ4n) is 2.50.